The lowest BCUT2D eigenvalue weighted by atomic mass is 10.1. The average Bonchev–Trinajstić information content (AvgIpc) is 2.67. The fraction of sp³-hybridized carbons (Fsp3) is 0.286. The molecule has 1 amide bonds. The minimum Gasteiger partial charge on any atom is -0.493 e. The number of hydrogen-bond acceptors (Lipinski definition) is 5. The number of rotatable bonds is 10. The Kier molecular flexibility index (Phi) is 7.81. The molecule has 0 aliphatic heterocycles. The topological polar surface area (TPSA) is 93.7 Å². The lowest BCUT2D eigenvalue weighted by Crippen LogP contribution is -2.25. The van der Waals surface area contributed by atoms with Crippen molar-refractivity contribution in [3.63, 3.8) is 0 Å². The highest BCUT2D eigenvalue weighted by atomic mass is 32.2. The molecule has 0 fully saturated rings. The Bertz CT molecular complexity index is 954. The van der Waals surface area contributed by atoms with Gasteiger partial charge in [-0.2, -0.15) is 0 Å². The van der Waals surface area contributed by atoms with Crippen molar-refractivity contribution in [2.45, 2.75) is 25.7 Å². The summed E-state index contributed by atoms with van der Waals surface area (Å²) in [7, 11) is -1.92. The van der Waals surface area contributed by atoms with E-state index in [9.17, 15) is 13.2 Å². The molecule has 0 saturated carbocycles. The summed E-state index contributed by atoms with van der Waals surface area (Å²) < 4.78 is 37.2. The first kappa shape index (κ1) is 22.4. The number of ether oxygens (including phenoxy) is 2. The minimum atomic E-state index is -3.43. The second-order valence-electron chi connectivity index (χ2n) is 6.58. The molecule has 7 nitrogen and oxygen atoms in total. The molecule has 2 N–H and O–H groups in total. The summed E-state index contributed by atoms with van der Waals surface area (Å²) in [6.07, 6.45) is 1.46. The zero-order valence-electron chi connectivity index (χ0n) is 16.8. The Morgan fingerprint density at radius 2 is 1.83 bits per heavy atom. The Labute approximate surface area is 171 Å². The molecular weight excluding hydrogens is 392 g/mol. The molecule has 29 heavy (non-hydrogen) atoms. The number of benzene rings is 2. The van der Waals surface area contributed by atoms with Gasteiger partial charge in [0.25, 0.3) is 5.91 Å². The number of nitrogens with one attached hydrogen (secondary N) is 2. The van der Waals surface area contributed by atoms with E-state index in [1.54, 1.807) is 42.5 Å². The van der Waals surface area contributed by atoms with E-state index >= 15 is 0 Å². The van der Waals surface area contributed by atoms with Gasteiger partial charge in [-0.05, 0) is 49.7 Å². The van der Waals surface area contributed by atoms with Gasteiger partial charge in [-0.3, -0.25) is 4.79 Å². The van der Waals surface area contributed by atoms with Gasteiger partial charge in [-0.15, -0.1) is 6.58 Å². The predicted molar refractivity (Wildman–Crippen MR) is 114 cm³/mol. The highest BCUT2D eigenvalue weighted by Crippen LogP contribution is 2.29. The molecule has 0 atom stereocenters. The Hall–Kier alpha value is -2.84. The van der Waals surface area contributed by atoms with Crippen LogP contribution >= 0.6 is 0 Å². The highest BCUT2D eigenvalue weighted by Gasteiger charge is 2.13. The van der Waals surface area contributed by atoms with E-state index in [1.807, 2.05) is 13.8 Å². The molecule has 8 heteroatoms. The van der Waals surface area contributed by atoms with Crippen molar-refractivity contribution in [1.82, 2.24) is 4.72 Å². The van der Waals surface area contributed by atoms with Gasteiger partial charge in [-0.1, -0.05) is 18.2 Å². The molecule has 0 heterocycles. The van der Waals surface area contributed by atoms with Gasteiger partial charge in [0.05, 0.1) is 19.0 Å². The van der Waals surface area contributed by atoms with Crippen LogP contribution in [0.4, 0.5) is 5.69 Å². The van der Waals surface area contributed by atoms with Gasteiger partial charge in [0.2, 0.25) is 10.0 Å². The van der Waals surface area contributed by atoms with Gasteiger partial charge in [0.1, 0.15) is 0 Å². The van der Waals surface area contributed by atoms with Crippen molar-refractivity contribution in [2.75, 3.05) is 19.0 Å². The Morgan fingerprint density at radius 3 is 2.41 bits per heavy atom. The molecule has 0 radical (unpaired) electrons. The van der Waals surface area contributed by atoms with E-state index in [1.165, 1.54) is 13.2 Å². The van der Waals surface area contributed by atoms with Crippen molar-refractivity contribution in [1.29, 1.82) is 0 Å². The van der Waals surface area contributed by atoms with Crippen LogP contribution in [0.25, 0.3) is 0 Å². The number of amides is 1. The van der Waals surface area contributed by atoms with Crippen LogP contribution in [0.1, 0.15) is 29.8 Å². The molecule has 2 rings (SSSR count). The van der Waals surface area contributed by atoms with Crippen LogP contribution in [0, 0.1) is 0 Å². The Balaban J connectivity index is 2.06. The molecule has 0 aromatic heterocycles. The second kappa shape index (κ2) is 10.1. The molecule has 0 aliphatic rings. The first-order chi connectivity index (χ1) is 13.7. The van der Waals surface area contributed by atoms with Gasteiger partial charge in [-0.25, -0.2) is 13.1 Å². The second-order valence-corrected chi connectivity index (χ2v) is 8.39. The number of hydrogen-bond donors (Lipinski definition) is 2. The first-order valence-electron chi connectivity index (χ1n) is 9.07. The van der Waals surface area contributed by atoms with Crippen molar-refractivity contribution < 1.29 is 22.7 Å². The molecule has 0 aliphatic carbocycles. The monoisotopic (exact) mass is 418 g/mol. The molecule has 2 aromatic carbocycles. The van der Waals surface area contributed by atoms with Crippen LogP contribution in [-0.2, 0) is 15.8 Å². The van der Waals surface area contributed by atoms with Gasteiger partial charge in [0, 0.05) is 17.8 Å². The van der Waals surface area contributed by atoms with E-state index < -0.39 is 10.0 Å². The van der Waals surface area contributed by atoms with E-state index in [2.05, 4.69) is 16.6 Å². The van der Waals surface area contributed by atoms with Gasteiger partial charge < -0.3 is 14.8 Å². The maximum Gasteiger partial charge on any atom is 0.255 e. The van der Waals surface area contributed by atoms with E-state index in [4.69, 9.17) is 9.47 Å². The third-order valence-corrected chi connectivity index (χ3v) is 5.12. The van der Waals surface area contributed by atoms with Gasteiger partial charge >= 0.3 is 0 Å². The highest BCUT2D eigenvalue weighted by molar-refractivity contribution is 7.88. The molecule has 156 valence electrons. The SMILES string of the molecule is C=CCNS(=O)(=O)Cc1ccc(NC(=O)c2ccc(OC(C)C)c(OC)c2)cc1. The Morgan fingerprint density at radius 1 is 1.14 bits per heavy atom. The molecule has 0 bridgehead atoms. The van der Waals surface area contributed by atoms with Crippen LogP contribution in [0.2, 0.25) is 0 Å². The summed E-state index contributed by atoms with van der Waals surface area (Å²) >= 11 is 0. The summed E-state index contributed by atoms with van der Waals surface area (Å²) in [6.45, 7) is 7.48. The standard InChI is InChI=1S/C21H26N2O5S/c1-5-12-22-29(25,26)14-16-6-9-18(10-7-16)23-21(24)17-8-11-19(28-15(2)3)20(13-17)27-4/h5-11,13,15,22H,1,12,14H2,2-4H3,(H,23,24). The van der Waals surface area contributed by atoms with Crippen LogP contribution in [-0.4, -0.2) is 34.1 Å². The quantitative estimate of drug-likeness (QED) is 0.577. The number of methoxy groups -OCH3 is 1. The van der Waals surface area contributed by atoms with Crippen molar-refractivity contribution in [3.05, 3.63) is 66.2 Å². The van der Waals surface area contributed by atoms with Crippen LogP contribution < -0.4 is 19.5 Å². The third-order valence-electron chi connectivity index (χ3n) is 3.80. The van der Waals surface area contributed by atoms with E-state index in [0.717, 1.165) is 0 Å². The summed E-state index contributed by atoms with van der Waals surface area (Å²) in [5.74, 6) is 0.574. The van der Waals surface area contributed by atoms with Crippen LogP contribution in [0.5, 0.6) is 11.5 Å². The maximum absolute atomic E-state index is 12.5. The van der Waals surface area contributed by atoms with Crippen molar-refractivity contribution >= 4 is 21.6 Å². The molecule has 0 saturated heterocycles. The lowest BCUT2D eigenvalue weighted by molar-refractivity contribution is 0.102. The summed E-state index contributed by atoms with van der Waals surface area (Å²) in [5.41, 5.74) is 1.58. The zero-order valence-corrected chi connectivity index (χ0v) is 17.6. The molecular formula is C21H26N2O5S. The summed E-state index contributed by atoms with van der Waals surface area (Å²) in [4.78, 5) is 12.5. The lowest BCUT2D eigenvalue weighted by Gasteiger charge is -2.14. The average molecular weight is 419 g/mol. The largest absolute Gasteiger partial charge is 0.493 e. The molecule has 0 spiro atoms. The normalized spacial score (nSPS) is 11.2. The fourth-order valence-corrected chi connectivity index (χ4v) is 3.61. The fourth-order valence-electron chi connectivity index (χ4n) is 2.50. The number of anilines is 1. The summed E-state index contributed by atoms with van der Waals surface area (Å²) in [6, 6.07) is 11.6. The van der Waals surface area contributed by atoms with E-state index in [0.29, 0.717) is 28.3 Å². The number of carbonyl (C=O) groups is 1. The maximum atomic E-state index is 12.5. The third kappa shape index (κ3) is 6.92. The predicted octanol–water partition coefficient (Wildman–Crippen LogP) is 3.34. The van der Waals surface area contributed by atoms with E-state index in [-0.39, 0.29) is 24.3 Å². The minimum absolute atomic E-state index is 0.0159. The molecule has 2 aromatic rings. The van der Waals surface area contributed by atoms with Crippen molar-refractivity contribution in [2.24, 2.45) is 0 Å². The van der Waals surface area contributed by atoms with Crippen LogP contribution in [0.15, 0.2) is 55.1 Å². The number of carbonyl (C=O) groups excluding carboxylic acids is 1. The smallest absolute Gasteiger partial charge is 0.255 e. The number of sulfonamides is 1. The first-order valence-corrected chi connectivity index (χ1v) is 10.7. The molecule has 0 unspecified atom stereocenters. The van der Waals surface area contributed by atoms with Crippen molar-refractivity contribution in [3.8, 4) is 11.5 Å². The van der Waals surface area contributed by atoms with Crippen LogP contribution in [0.3, 0.4) is 0 Å². The zero-order chi connectivity index (χ0) is 21.4. The summed E-state index contributed by atoms with van der Waals surface area (Å²) in [5, 5.41) is 2.78. The van der Waals surface area contributed by atoms with Gasteiger partial charge in [0.15, 0.2) is 11.5 Å².